The van der Waals surface area contributed by atoms with E-state index in [0.29, 0.717) is 26.1 Å². The Labute approximate surface area is 122 Å². The maximum Gasteiger partial charge on any atom is 0.321 e. The van der Waals surface area contributed by atoms with Crippen LogP contribution >= 0.6 is 0 Å². The van der Waals surface area contributed by atoms with Gasteiger partial charge in [-0.25, -0.2) is 4.79 Å². The average Bonchev–Trinajstić information content (AvgIpc) is 2.46. The van der Waals surface area contributed by atoms with E-state index in [4.69, 9.17) is 15.6 Å². The number of hydrogen-bond acceptors (Lipinski definition) is 4. The molecule has 3 amide bonds. The van der Waals surface area contributed by atoms with Crippen molar-refractivity contribution in [2.45, 2.75) is 37.8 Å². The number of carbonyl (C=O) groups excluding carboxylic acids is 2. The smallest absolute Gasteiger partial charge is 0.321 e. The molecule has 0 aromatic rings. The van der Waals surface area contributed by atoms with Crippen molar-refractivity contribution in [3.05, 3.63) is 0 Å². The van der Waals surface area contributed by atoms with Crippen molar-refractivity contribution < 1.29 is 24.2 Å². The molecule has 0 aromatic heterocycles. The number of hydrogen-bond donors (Lipinski definition) is 2. The number of rotatable bonds is 3. The molecule has 2 saturated heterocycles. The van der Waals surface area contributed by atoms with Gasteiger partial charge in [-0.1, -0.05) is 0 Å². The van der Waals surface area contributed by atoms with Crippen molar-refractivity contribution in [3.63, 3.8) is 0 Å². The van der Waals surface area contributed by atoms with Gasteiger partial charge in [0.1, 0.15) is 6.04 Å². The summed E-state index contributed by atoms with van der Waals surface area (Å²) in [6, 6.07) is -1.41. The number of aliphatic carboxylic acids is 1. The Balaban J connectivity index is 2.11. The first-order valence-electron chi connectivity index (χ1n) is 7.17. The van der Waals surface area contributed by atoms with E-state index in [9.17, 15) is 14.4 Å². The molecule has 2 unspecified atom stereocenters. The monoisotopic (exact) mass is 299 g/mol. The Morgan fingerprint density at radius 2 is 1.95 bits per heavy atom. The molecule has 0 saturated carbocycles. The lowest BCUT2D eigenvalue weighted by atomic mass is 9.99. The van der Waals surface area contributed by atoms with Crippen molar-refractivity contribution in [2.24, 2.45) is 5.73 Å². The van der Waals surface area contributed by atoms with Gasteiger partial charge in [-0.05, 0) is 19.3 Å². The topological polar surface area (TPSA) is 113 Å². The summed E-state index contributed by atoms with van der Waals surface area (Å²) in [5, 5.41) is 8.97. The molecule has 0 aliphatic carbocycles. The predicted molar refractivity (Wildman–Crippen MR) is 72.5 cm³/mol. The third kappa shape index (κ3) is 3.63. The summed E-state index contributed by atoms with van der Waals surface area (Å²) >= 11 is 0. The first kappa shape index (κ1) is 15.6. The Bertz CT molecular complexity index is 428. The standard InChI is InChI=1S/C13H21N3O5/c14-12(19)10-8-21-6-5-16(10)13(20)15-4-2-1-3-9(15)7-11(17)18/h9-10H,1-8H2,(H2,14,19)(H,17,18). The van der Waals surface area contributed by atoms with E-state index in [-0.39, 0.29) is 25.1 Å². The third-order valence-electron chi connectivity index (χ3n) is 3.99. The first-order chi connectivity index (χ1) is 10.0. The van der Waals surface area contributed by atoms with E-state index in [1.807, 2.05) is 0 Å². The minimum atomic E-state index is -0.923. The average molecular weight is 299 g/mol. The van der Waals surface area contributed by atoms with Crippen LogP contribution in [-0.2, 0) is 14.3 Å². The van der Waals surface area contributed by atoms with Crippen LogP contribution in [0.2, 0.25) is 0 Å². The fourth-order valence-corrected chi connectivity index (χ4v) is 2.90. The van der Waals surface area contributed by atoms with Gasteiger partial charge in [0.25, 0.3) is 0 Å². The number of carbonyl (C=O) groups is 3. The van der Waals surface area contributed by atoms with Crippen LogP contribution < -0.4 is 5.73 Å². The molecule has 0 spiro atoms. The van der Waals surface area contributed by atoms with E-state index < -0.39 is 17.9 Å². The van der Waals surface area contributed by atoms with Gasteiger partial charge >= 0.3 is 12.0 Å². The predicted octanol–water partition coefficient (Wildman–Crippen LogP) is -0.378. The number of ether oxygens (including phenoxy) is 1. The molecule has 0 aromatic carbocycles. The first-order valence-corrected chi connectivity index (χ1v) is 7.17. The third-order valence-corrected chi connectivity index (χ3v) is 3.99. The molecule has 8 heteroatoms. The quantitative estimate of drug-likeness (QED) is 0.737. The molecule has 0 radical (unpaired) electrons. The molecular weight excluding hydrogens is 278 g/mol. The summed E-state index contributed by atoms with van der Waals surface area (Å²) in [5.74, 6) is -1.53. The van der Waals surface area contributed by atoms with Crippen LogP contribution in [-0.4, -0.2) is 71.2 Å². The van der Waals surface area contributed by atoms with Gasteiger partial charge < -0.3 is 25.4 Å². The highest BCUT2D eigenvalue weighted by Gasteiger charge is 2.37. The van der Waals surface area contributed by atoms with Crippen LogP contribution in [0.3, 0.4) is 0 Å². The molecule has 2 rings (SSSR count). The molecule has 3 N–H and O–H groups in total. The van der Waals surface area contributed by atoms with Crippen LogP contribution in [0.25, 0.3) is 0 Å². The van der Waals surface area contributed by atoms with Gasteiger partial charge in [0, 0.05) is 19.1 Å². The van der Waals surface area contributed by atoms with Gasteiger partial charge in [0.05, 0.1) is 19.6 Å². The number of likely N-dealkylation sites (tertiary alicyclic amines) is 1. The summed E-state index contributed by atoms with van der Waals surface area (Å²) in [7, 11) is 0. The number of nitrogens with zero attached hydrogens (tertiary/aromatic N) is 2. The molecule has 2 aliphatic heterocycles. The molecule has 118 valence electrons. The minimum Gasteiger partial charge on any atom is -0.481 e. The second-order valence-corrected chi connectivity index (χ2v) is 5.41. The lowest BCUT2D eigenvalue weighted by Gasteiger charge is -2.41. The summed E-state index contributed by atoms with van der Waals surface area (Å²) in [6.07, 6.45) is 2.35. The Morgan fingerprint density at radius 1 is 1.19 bits per heavy atom. The number of morpholine rings is 1. The van der Waals surface area contributed by atoms with E-state index in [2.05, 4.69) is 0 Å². The lowest BCUT2D eigenvalue weighted by molar-refractivity contribution is -0.138. The van der Waals surface area contributed by atoms with Crippen molar-refractivity contribution in [1.82, 2.24) is 9.80 Å². The minimum absolute atomic E-state index is 0.0721. The Hall–Kier alpha value is -1.83. The summed E-state index contributed by atoms with van der Waals surface area (Å²) in [5.41, 5.74) is 5.31. The van der Waals surface area contributed by atoms with Gasteiger partial charge in [0.2, 0.25) is 5.91 Å². The van der Waals surface area contributed by atoms with Gasteiger partial charge in [-0.2, -0.15) is 0 Å². The molecule has 2 fully saturated rings. The number of carboxylic acid groups (broad SMARTS) is 1. The van der Waals surface area contributed by atoms with Gasteiger partial charge in [-0.15, -0.1) is 0 Å². The highest BCUT2D eigenvalue weighted by Crippen LogP contribution is 2.22. The van der Waals surface area contributed by atoms with E-state index in [0.717, 1.165) is 12.8 Å². The summed E-state index contributed by atoms with van der Waals surface area (Å²) in [4.78, 5) is 38.0. The fourth-order valence-electron chi connectivity index (χ4n) is 2.90. The van der Waals surface area contributed by atoms with E-state index >= 15 is 0 Å². The lowest BCUT2D eigenvalue weighted by Crippen LogP contribution is -2.60. The summed E-state index contributed by atoms with van der Waals surface area (Å²) < 4.78 is 5.20. The molecule has 2 atom stereocenters. The Morgan fingerprint density at radius 3 is 2.62 bits per heavy atom. The van der Waals surface area contributed by atoms with Crippen LogP contribution in [0, 0.1) is 0 Å². The highest BCUT2D eigenvalue weighted by atomic mass is 16.5. The number of carboxylic acids is 1. The molecule has 21 heavy (non-hydrogen) atoms. The fraction of sp³-hybridized carbons (Fsp3) is 0.769. The zero-order valence-electron chi connectivity index (χ0n) is 11.9. The molecule has 8 nitrogen and oxygen atoms in total. The van der Waals surface area contributed by atoms with Gasteiger partial charge in [0.15, 0.2) is 0 Å². The van der Waals surface area contributed by atoms with Crippen molar-refractivity contribution in [3.8, 4) is 0 Å². The van der Waals surface area contributed by atoms with Crippen LogP contribution in [0.5, 0.6) is 0 Å². The van der Waals surface area contributed by atoms with Crippen LogP contribution in [0.15, 0.2) is 0 Å². The van der Waals surface area contributed by atoms with Crippen LogP contribution in [0.1, 0.15) is 25.7 Å². The van der Waals surface area contributed by atoms with Crippen LogP contribution in [0.4, 0.5) is 4.79 Å². The molecular formula is C13H21N3O5. The number of urea groups is 1. The molecule has 2 aliphatic rings. The van der Waals surface area contributed by atoms with E-state index in [1.165, 1.54) is 4.90 Å². The molecule has 0 bridgehead atoms. The number of piperidine rings is 1. The second-order valence-electron chi connectivity index (χ2n) is 5.41. The SMILES string of the molecule is NC(=O)C1COCCN1C(=O)N1CCCCC1CC(=O)O. The van der Waals surface area contributed by atoms with Crippen molar-refractivity contribution >= 4 is 17.9 Å². The molecule has 2 heterocycles. The number of amides is 3. The highest BCUT2D eigenvalue weighted by molar-refractivity contribution is 5.86. The maximum absolute atomic E-state index is 12.7. The Kier molecular flexibility index (Phi) is 5.00. The van der Waals surface area contributed by atoms with Crippen molar-refractivity contribution in [2.75, 3.05) is 26.3 Å². The zero-order chi connectivity index (χ0) is 15.4. The van der Waals surface area contributed by atoms with Crippen molar-refractivity contribution in [1.29, 1.82) is 0 Å². The number of primary amides is 1. The van der Waals surface area contributed by atoms with E-state index in [1.54, 1.807) is 4.90 Å². The van der Waals surface area contributed by atoms with Gasteiger partial charge in [-0.3, -0.25) is 9.59 Å². The number of nitrogens with two attached hydrogens (primary N) is 1. The second kappa shape index (κ2) is 6.75. The maximum atomic E-state index is 12.7. The summed E-state index contributed by atoms with van der Waals surface area (Å²) in [6.45, 7) is 1.26. The normalized spacial score (nSPS) is 26.5. The largest absolute Gasteiger partial charge is 0.481 e. The zero-order valence-corrected chi connectivity index (χ0v) is 11.9.